The van der Waals surface area contributed by atoms with Crippen molar-refractivity contribution in [2.24, 2.45) is 0 Å². The summed E-state index contributed by atoms with van der Waals surface area (Å²) in [5, 5.41) is 1.47. The van der Waals surface area contributed by atoms with Crippen LogP contribution in [0, 0.1) is 0 Å². The molecule has 3 heterocycles. The number of fused-ring (bicyclic) bond motifs is 6. The summed E-state index contributed by atoms with van der Waals surface area (Å²) in [5.74, 6) is 0.426. The van der Waals surface area contributed by atoms with Gasteiger partial charge in [-0.3, -0.25) is 4.79 Å². The van der Waals surface area contributed by atoms with Crippen LogP contribution in [-0.2, 0) is 0 Å². The molecule has 0 atom stereocenters. The van der Waals surface area contributed by atoms with E-state index in [9.17, 15) is 4.79 Å². The molecule has 22 heavy (non-hydrogen) atoms. The van der Waals surface area contributed by atoms with Gasteiger partial charge in [0.15, 0.2) is 0 Å². The van der Waals surface area contributed by atoms with Crippen LogP contribution in [0.3, 0.4) is 0 Å². The van der Waals surface area contributed by atoms with E-state index >= 15 is 0 Å². The Bertz CT molecular complexity index is 1250. The van der Waals surface area contributed by atoms with Crippen molar-refractivity contribution in [3.8, 4) is 0 Å². The van der Waals surface area contributed by atoms with Gasteiger partial charge in [0, 0.05) is 10.9 Å². The summed E-state index contributed by atoms with van der Waals surface area (Å²) in [6.45, 7) is 0. The van der Waals surface area contributed by atoms with Gasteiger partial charge in [-0.15, -0.1) is 0 Å². The van der Waals surface area contributed by atoms with Crippen molar-refractivity contribution in [3.63, 3.8) is 0 Å². The average molecular weight is 286 g/mol. The highest BCUT2D eigenvalue weighted by Gasteiger charge is 2.15. The van der Waals surface area contributed by atoms with Crippen molar-refractivity contribution in [3.05, 3.63) is 65.0 Å². The number of aromatic nitrogens is 4. The summed E-state index contributed by atoms with van der Waals surface area (Å²) < 4.78 is 1.58. The molecule has 0 aliphatic carbocycles. The number of benzene rings is 1. The third-order valence-corrected chi connectivity index (χ3v) is 3.97. The Morgan fingerprint density at radius 2 is 1.73 bits per heavy atom. The highest BCUT2D eigenvalue weighted by atomic mass is 16.1. The largest absolute Gasteiger partial charge is 0.339 e. The molecule has 3 aromatic heterocycles. The smallest absolute Gasteiger partial charge is 0.269 e. The summed E-state index contributed by atoms with van der Waals surface area (Å²) in [4.78, 5) is 25.2. The summed E-state index contributed by atoms with van der Waals surface area (Å²) in [7, 11) is 0. The minimum absolute atomic E-state index is 0.0915. The quantitative estimate of drug-likeness (QED) is 0.476. The van der Waals surface area contributed by atoms with Crippen molar-refractivity contribution < 1.29 is 0 Å². The van der Waals surface area contributed by atoms with Crippen molar-refractivity contribution in [1.82, 2.24) is 19.4 Å². The SMILES string of the molecule is O=c1c2c(nc3nc4ccccc4n13)[nH]c1cccccc12. The van der Waals surface area contributed by atoms with Crippen molar-refractivity contribution >= 4 is 38.7 Å². The minimum Gasteiger partial charge on any atom is -0.339 e. The predicted molar refractivity (Wildman–Crippen MR) is 86.1 cm³/mol. The molecule has 0 saturated heterocycles. The number of imidazole rings is 1. The van der Waals surface area contributed by atoms with Crippen LogP contribution in [0.2, 0.25) is 0 Å². The van der Waals surface area contributed by atoms with Crippen LogP contribution in [0.5, 0.6) is 0 Å². The van der Waals surface area contributed by atoms with Crippen LogP contribution in [0.4, 0.5) is 0 Å². The van der Waals surface area contributed by atoms with Crippen LogP contribution in [0.1, 0.15) is 0 Å². The first-order valence-corrected chi connectivity index (χ1v) is 7.01. The van der Waals surface area contributed by atoms with Crippen LogP contribution < -0.4 is 5.56 Å². The summed E-state index contributed by atoms with van der Waals surface area (Å²) in [6, 6.07) is 17.2. The molecule has 0 fully saturated rings. The number of aromatic amines is 1. The Morgan fingerprint density at radius 1 is 0.909 bits per heavy atom. The zero-order valence-corrected chi connectivity index (χ0v) is 11.4. The lowest BCUT2D eigenvalue weighted by Crippen LogP contribution is -2.13. The molecule has 104 valence electrons. The summed E-state index contributed by atoms with van der Waals surface area (Å²) in [6.07, 6.45) is 0. The molecular formula is C17H10N4O. The Labute approximate surface area is 123 Å². The number of hydrogen-bond donors (Lipinski definition) is 1. The van der Waals surface area contributed by atoms with Crippen LogP contribution in [-0.4, -0.2) is 19.4 Å². The molecule has 0 saturated carbocycles. The maximum absolute atomic E-state index is 13.0. The number of para-hydroxylation sites is 2. The first-order chi connectivity index (χ1) is 10.8. The second kappa shape index (κ2) is 3.92. The molecule has 0 radical (unpaired) electrons. The standard InChI is InChI=1S/C17H10N4O/c22-16-14-10-6-2-1-3-7-11(10)18-15(14)20-17-19-12-8-4-5-9-13(12)21(16)17/h1-9H,(H,18,19,20). The fourth-order valence-corrected chi connectivity index (χ4v) is 2.99. The molecule has 0 bridgehead atoms. The zero-order chi connectivity index (χ0) is 14.7. The molecule has 5 aromatic rings. The second-order valence-electron chi connectivity index (χ2n) is 5.24. The third-order valence-electron chi connectivity index (χ3n) is 3.97. The van der Waals surface area contributed by atoms with E-state index in [0.717, 1.165) is 21.9 Å². The van der Waals surface area contributed by atoms with Crippen LogP contribution in [0.25, 0.3) is 38.7 Å². The van der Waals surface area contributed by atoms with E-state index < -0.39 is 0 Å². The Hall–Kier alpha value is -3.21. The number of hydrogen-bond acceptors (Lipinski definition) is 3. The van der Waals surface area contributed by atoms with E-state index in [2.05, 4.69) is 15.0 Å². The fraction of sp³-hybridized carbons (Fsp3) is 0. The van der Waals surface area contributed by atoms with Crippen molar-refractivity contribution in [2.75, 3.05) is 0 Å². The maximum atomic E-state index is 13.0. The van der Waals surface area contributed by atoms with Crippen LogP contribution in [0.15, 0.2) is 59.4 Å². The van der Waals surface area contributed by atoms with Gasteiger partial charge in [-0.2, -0.15) is 4.98 Å². The van der Waals surface area contributed by atoms with E-state index in [4.69, 9.17) is 0 Å². The average Bonchev–Trinajstić information content (AvgIpc) is 2.97. The molecule has 0 aliphatic heterocycles. The van der Waals surface area contributed by atoms with E-state index in [1.165, 1.54) is 0 Å². The minimum atomic E-state index is -0.0915. The van der Waals surface area contributed by atoms with E-state index in [1.54, 1.807) is 4.40 Å². The topological polar surface area (TPSA) is 63.1 Å². The van der Waals surface area contributed by atoms with Crippen LogP contribution >= 0.6 is 0 Å². The van der Waals surface area contributed by atoms with Gasteiger partial charge in [0.05, 0.1) is 16.4 Å². The van der Waals surface area contributed by atoms with Gasteiger partial charge in [0.2, 0.25) is 5.78 Å². The van der Waals surface area contributed by atoms with Gasteiger partial charge in [-0.05, 0) is 18.2 Å². The molecule has 0 aliphatic rings. The second-order valence-corrected chi connectivity index (χ2v) is 5.24. The lowest BCUT2D eigenvalue weighted by Gasteiger charge is -1.94. The Kier molecular flexibility index (Phi) is 2.04. The van der Waals surface area contributed by atoms with Gasteiger partial charge in [0.25, 0.3) is 5.56 Å². The molecule has 5 heteroatoms. The van der Waals surface area contributed by atoms with E-state index in [1.807, 2.05) is 54.6 Å². The number of nitrogens with zero attached hydrogens (tertiary/aromatic N) is 3. The maximum Gasteiger partial charge on any atom is 0.269 e. The molecule has 1 N–H and O–H groups in total. The molecule has 0 unspecified atom stereocenters. The van der Waals surface area contributed by atoms with Crippen molar-refractivity contribution in [1.29, 1.82) is 0 Å². The van der Waals surface area contributed by atoms with Crippen molar-refractivity contribution in [2.45, 2.75) is 0 Å². The molecular weight excluding hydrogens is 276 g/mol. The zero-order valence-electron chi connectivity index (χ0n) is 11.4. The molecule has 0 spiro atoms. The van der Waals surface area contributed by atoms with E-state index in [0.29, 0.717) is 16.8 Å². The van der Waals surface area contributed by atoms with Gasteiger partial charge in [0.1, 0.15) is 5.65 Å². The fourth-order valence-electron chi connectivity index (χ4n) is 2.99. The molecule has 5 nitrogen and oxygen atoms in total. The third kappa shape index (κ3) is 1.34. The van der Waals surface area contributed by atoms with Gasteiger partial charge < -0.3 is 4.98 Å². The summed E-state index contributed by atoms with van der Waals surface area (Å²) >= 11 is 0. The number of nitrogens with one attached hydrogen (secondary N) is 1. The Balaban J connectivity index is 2.13. The Morgan fingerprint density at radius 3 is 2.68 bits per heavy atom. The van der Waals surface area contributed by atoms with E-state index in [-0.39, 0.29) is 5.56 Å². The molecule has 2 aromatic carbocycles. The monoisotopic (exact) mass is 286 g/mol. The highest BCUT2D eigenvalue weighted by molar-refractivity contribution is 6.05. The normalized spacial score (nSPS) is 11.8. The lowest BCUT2D eigenvalue weighted by molar-refractivity contribution is 1.12. The molecule has 5 rings (SSSR count). The molecule has 0 amide bonds. The number of rotatable bonds is 0. The first-order valence-electron chi connectivity index (χ1n) is 7.01. The predicted octanol–water partition coefficient (Wildman–Crippen LogP) is 2.88. The highest BCUT2D eigenvalue weighted by Crippen LogP contribution is 2.22. The number of H-pyrrole nitrogens is 1. The van der Waals surface area contributed by atoms with Gasteiger partial charge >= 0.3 is 0 Å². The summed E-state index contributed by atoms with van der Waals surface area (Å²) in [5.41, 5.74) is 2.93. The van der Waals surface area contributed by atoms with Gasteiger partial charge in [-0.1, -0.05) is 36.4 Å². The lowest BCUT2D eigenvalue weighted by atomic mass is 10.2. The first kappa shape index (κ1) is 11.4. The van der Waals surface area contributed by atoms with Gasteiger partial charge in [-0.25, -0.2) is 9.38 Å².